The monoisotopic (exact) mass is 390 g/mol. The molecule has 0 fully saturated rings. The van der Waals surface area contributed by atoms with Crippen molar-refractivity contribution in [1.82, 2.24) is 0 Å². The highest BCUT2D eigenvalue weighted by atomic mass is 16.5. The summed E-state index contributed by atoms with van der Waals surface area (Å²) in [4.78, 5) is 12.4. The molecule has 0 aromatic heterocycles. The minimum absolute atomic E-state index is 0.0856. The maximum Gasteiger partial charge on any atom is 0.228 e. The molecule has 0 unspecified atom stereocenters. The lowest BCUT2D eigenvalue weighted by atomic mass is 10.1. The molecule has 0 aliphatic carbocycles. The van der Waals surface area contributed by atoms with Crippen molar-refractivity contribution in [3.63, 3.8) is 0 Å². The number of anilines is 2. The number of amides is 1. The van der Waals surface area contributed by atoms with Crippen molar-refractivity contribution in [3.05, 3.63) is 83.4 Å². The van der Waals surface area contributed by atoms with E-state index in [0.717, 1.165) is 23.5 Å². The number of rotatable bonds is 8. The summed E-state index contributed by atoms with van der Waals surface area (Å²) in [5.74, 6) is 1.17. The van der Waals surface area contributed by atoms with Crippen molar-refractivity contribution >= 4 is 17.3 Å². The third-order valence-corrected chi connectivity index (χ3v) is 4.60. The van der Waals surface area contributed by atoms with Crippen LogP contribution in [0.1, 0.15) is 16.7 Å². The second-order valence-electron chi connectivity index (χ2n) is 6.83. The number of carbonyl (C=O) groups is 1. The summed E-state index contributed by atoms with van der Waals surface area (Å²) in [5.41, 5.74) is 5.10. The molecule has 0 saturated carbocycles. The third-order valence-electron chi connectivity index (χ3n) is 4.60. The lowest BCUT2D eigenvalue weighted by Gasteiger charge is -2.11. The van der Waals surface area contributed by atoms with E-state index in [1.54, 1.807) is 20.3 Å². The first-order valence-corrected chi connectivity index (χ1v) is 9.47. The second kappa shape index (κ2) is 9.64. The Morgan fingerprint density at radius 2 is 1.41 bits per heavy atom. The van der Waals surface area contributed by atoms with Crippen LogP contribution in [0, 0.1) is 6.92 Å². The third kappa shape index (κ3) is 5.75. The summed E-state index contributed by atoms with van der Waals surface area (Å²) < 4.78 is 10.5. The van der Waals surface area contributed by atoms with Crippen molar-refractivity contribution in [2.24, 2.45) is 0 Å². The maximum absolute atomic E-state index is 12.4. The van der Waals surface area contributed by atoms with Gasteiger partial charge in [0.05, 0.1) is 20.6 Å². The molecular formula is C24H26N2O3. The van der Waals surface area contributed by atoms with Crippen LogP contribution in [0.2, 0.25) is 0 Å². The van der Waals surface area contributed by atoms with Crippen LogP contribution in [0.15, 0.2) is 66.7 Å². The van der Waals surface area contributed by atoms with Crippen LogP contribution in [0.5, 0.6) is 11.5 Å². The van der Waals surface area contributed by atoms with Gasteiger partial charge in [-0.1, -0.05) is 35.9 Å². The number of ether oxygens (including phenoxy) is 2. The van der Waals surface area contributed by atoms with Crippen molar-refractivity contribution in [2.75, 3.05) is 24.9 Å². The van der Waals surface area contributed by atoms with Gasteiger partial charge in [-0.3, -0.25) is 4.79 Å². The standard InChI is InChI=1S/C24H26N2O3/c1-17-4-6-18(7-5-17)16-25-20-9-11-21(12-10-20)26-24(27)15-19-8-13-22(28-2)23(14-19)29-3/h4-14,25H,15-16H2,1-3H3,(H,26,27). The minimum atomic E-state index is -0.0856. The van der Waals surface area contributed by atoms with Gasteiger partial charge in [-0.2, -0.15) is 0 Å². The summed E-state index contributed by atoms with van der Waals surface area (Å²) in [6, 6.07) is 21.6. The molecular weight excluding hydrogens is 364 g/mol. The van der Waals surface area contributed by atoms with Gasteiger partial charge in [0.1, 0.15) is 0 Å². The van der Waals surface area contributed by atoms with E-state index in [1.807, 2.05) is 36.4 Å². The molecule has 0 aliphatic heterocycles. The van der Waals surface area contributed by atoms with Crippen LogP contribution in [0.4, 0.5) is 11.4 Å². The summed E-state index contributed by atoms with van der Waals surface area (Å²) in [5, 5.41) is 6.31. The molecule has 0 bridgehead atoms. The van der Waals surface area contributed by atoms with Gasteiger partial charge in [0.15, 0.2) is 11.5 Å². The molecule has 0 spiro atoms. The van der Waals surface area contributed by atoms with Gasteiger partial charge in [0.2, 0.25) is 5.91 Å². The Labute approximate surface area is 171 Å². The molecule has 0 aliphatic rings. The van der Waals surface area contributed by atoms with Gasteiger partial charge in [-0.05, 0) is 54.4 Å². The van der Waals surface area contributed by atoms with Gasteiger partial charge in [0.25, 0.3) is 0 Å². The van der Waals surface area contributed by atoms with Crippen LogP contribution >= 0.6 is 0 Å². The molecule has 5 heteroatoms. The van der Waals surface area contributed by atoms with Gasteiger partial charge < -0.3 is 20.1 Å². The quantitative estimate of drug-likeness (QED) is 0.580. The number of nitrogens with one attached hydrogen (secondary N) is 2. The number of aryl methyl sites for hydroxylation is 1. The molecule has 3 aromatic rings. The molecule has 0 radical (unpaired) electrons. The zero-order valence-electron chi connectivity index (χ0n) is 17.0. The topological polar surface area (TPSA) is 59.6 Å². The highest BCUT2D eigenvalue weighted by molar-refractivity contribution is 5.92. The molecule has 3 aromatic carbocycles. The van der Waals surface area contributed by atoms with E-state index in [1.165, 1.54) is 11.1 Å². The summed E-state index contributed by atoms with van der Waals surface area (Å²) in [6.07, 6.45) is 0.258. The van der Waals surface area contributed by atoms with Crippen LogP contribution in [0.3, 0.4) is 0 Å². The average molecular weight is 390 g/mol. The first-order chi connectivity index (χ1) is 14.1. The van der Waals surface area contributed by atoms with E-state index in [2.05, 4.69) is 41.8 Å². The van der Waals surface area contributed by atoms with E-state index in [0.29, 0.717) is 11.5 Å². The smallest absolute Gasteiger partial charge is 0.228 e. The summed E-state index contributed by atoms with van der Waals surface area (Å²) >= 11 is 0. The maximum atomic E-state index is 12.4. The predicted octanol–water partition coefficient (Wildman–Crippen LogP) is 4.81. The first-order valence-electron chi connectivity index (χ1n) is 9.47. The molecule has 0 saturated heterocycles. The van der Waals surface area contributed by atoms with Crippen LogP contribution < -0.4 is 20.1 Å². The predicted molar refractivity (Wildman–Crippen MR) is 117 cm³/mol. The molecule has 0 heterocycles. The van der Waals surface area contributed by atoms with Crippen molar-refractivity contribution in [3.8, 4) is 11.5 Å². The van der Waals surface area contributed by atoms with Crippen LogP contribution in [-0.4, -0.2) is 20.1 Å². The van der Waals surface area contributed by atoms with E-state index >= 15 is 0 Å². The summed E-state index contributed by atoms with van der Waals surface area (Å²) in [6.45, 7) is 2.83. The number of benzene rings is 3. The second-order valence-corrected chi connectivity index (χ2v) is 6.83. The zero-order valence-corrected chi connectivity index (χ0v) is 17.0. The van der Waals surface area contributed by atoms with E-state index in [4.69, 9.17) is 9.47 Å². The Balaban J connectivity index is 1.53. The Hall–Kier alpha value is -3.47. The molecule has 150 valence electrons. The first kappa shape index (κ1) is 20.3. The number of methoxy groups -OCH3 is 2. The minimum Gasteiger partial charge on any atom is -0.493 e. The van der Waals surface area contributed by atoms with E-state index < -0.39 is 0 Å². The van der Waals surface area contributed by atoms with E-state index in [9.17, 15) is 4.79 Å². The molecule has 1 amide bonds. The highest BCUT2D eigenvalue weighted by Gasteiger charge is 2.09. The lowest BCUT2D eigenvalue weighted by molar-refractivity contribution is -0.115. The van der Waals surface area contributed by atoms with Crippen molar-refractivity contribution in [2.45, 2.75) is 19.9 Å². The number of hydrogen-bond donors (Lipinski definition) is 2. The normalized spacial score (nSPS) is 10.3. The van der Waals surface area contributed by atoms with Crippen LogP contribution in [-0.2, 0) is 17.8 Å². The highest BCUT2D eigenvalue weighted by Crippen LogP contribution is 2.27. The van der Waals surface area contributed by atoms with Gasteiger partial charge in [-0.15, -0.1) is 0 Å². The van der Waals surface area contributed by atoms with Gasteiger partial charge in [0, 0.05) is 17.9 Å². The average Bonchev–Trinajstić information content (AvgIpc) is 2.74. The molecule has 29 heavy (non-hydrogen) atoms. The fourth-order valence-electron chi connectivity index (χ4n) is 2.96. The van der Waals surface area contributed by atoms with Gasteiger partial charge >= 0.3 is 0 Å². The fourth-order valence-corrected chi connectivity index (χ4v) is 2.96. The van der Waals surface area contributed by atoms with Crippen molar-refractivity contribution < 1.29 is 14.3 Å². The lowest BCUT2D eigenvalue weighted by Crippen LogP contribution is -2.14. The molecule has 0 atom stereocenters. The van der Waals surface area contributed by atoms with Crippen molar-refractivity contribution in [1.29, 1.82) is 0 Å². The molecule has 2 N–H and O–H groups in total. The summed E-state index contributed by atoms with van der Waals surface area (Å²) in [7, 11) is 3.17. The Morgan fingerprint density at radius 1 is 0.793 bits per heavy atom. The Bertz CT molecular complexity index is 951. The zero-order chi connectivity index (χ0) is 20.6. The SMILES string of the molecule is COc1ccc(CC(=O)Nc2ccc(NCc3ccc(C)cc3)cc2)cc1OC. The Morgan fingerprint density at radius 3 is 2.07 bits per heavy atom. The van der Waals surface area contributed by atoms with Crippen LogP contribution in [0.25, 0.3) is 0 Å². The number of carbonyl (C=O) groups excluding carboxylic acids is 1. The number of hydrogen-bond acceptors (Lipinski definition) is 4. The Kier molecular flexibility index (Phi) is 6.74. The largest absolute Gasteiger partial charge is 0.493 e. The molecule has 5 nitrogen and oxygen atoms in total. The fraction of sp³-hybridized carbons (Fsp3) is 0.208. The van der Waals surface area contributed by atoms with E-state index in [-0.39, 0.29) is 12.3 Å². The molecule has 3 rings (SSSR count). The van der Waals surface area contributed by atoms with Gasteiger partial charge in [-0.25, -0.2) is 0 Å².